The second-order valence-corrected chi connectivity index (χ2v) is 4.70. The first kappa shape index (κ1) is 12.9. The maximum Gasteiger partial charge on any atom is 0.0593 e. The fourth-order valence-corrected chi connectivity index (χ4v) is 1.29. The number of nitrogens with two attached hydrogens (primary N) is 1. The molecule has 0 unspecified atom stereocenters. The first-order valence-electron chi connectivity index (χ1n) is 4.92. The minimum atomic E-state index is 0.364. The van der Waals surface area contributed by atoms with Gasteiger partial charge in [0.2, 0.25) is 0 Å². The molecule has 0 fully saturated rings. The molecule has 2 N–H and O–H groups in total. The number of hydrogen-bond acceptors (Lipinski definition) is 3. The van der Waals surface area contributed by atoms with Crippen LogP contribution in [0.25, 0.3) is 0 Å². The standard InChI is InChI=1S/C10H24N2O/c1-10(2,3)9-12(4)6-8-13-7-5-11/h5-9,11H2,1-4H3. The average molecular weight is 188 g/mol. The Balaban J connectivity index is 3.35. The maximum absolute atomic E-state index is 5.31. The highest BCUT2D eigenvalue weighted by Crippen LogP contribution is 2.13. The van der Waals surface area contributed by atoms with Crippen molar-refractivity contribution in [2.45, 2.75) is 20.8 Å². The highest BCUT2D eigenvalue weighted by atomic mass is 16.5. The Morgan fingerprint density at radius 3 is 2.31 bits per heavy atom. The molecule has 3 nitrogen and oxygen atoms in total. The summed E-state index contributed by atoms with van der Waals surface area (Å²) in [6.45, 7) is 10.9. The number of nitrogens with zero attached hydrogens (tertiary/aromatic N) is 1. The van der Waals surface area contributed by atoms with Crippen LogP contribution in [0.1, 0.15) is 20.8 Å². The number of rotatable bonds is 6. The maximum atomic E-state index is 5.31. The topological polar surface area (TPSA) is 38.5 Å². The van der Waals surface area contributed by atoms with E-state index in [0.717, 1.165) is 19.7 Å². The number of likely N-dealkylation sites (N-methyl/N-ethyl adjacent to an activating group) is 1. The molecule has 13 heavy (non-hydrogen) atoms. The normalized spacial score (nSPS) is 12.5. The number of hydrogen-bond donors (Lipinski definition) is 1. The molecule has 80 valence electrons. The third-order valence-electron chi connectivity index (χ3n) is 1.62. The van der Waals surface area contributed by atoms with Crippen LogP contribution in [-0.4, -0.2) is 44.8 Å². The van der Waals surface area contributed by atoms with Gasteiger partial charge in [0.25, 0.3) is 0 Å². The van der Waals surface area contributed by atoms with Crippen molar-refractivity contribution < 1.29 is 4.74 Å². The van der Waals surface area contributed by atoms with E-state index >= 15 is 0 Å². The molecule has 0 aliphatic heterocycles. The van der Waals surface area contributed by atoms with Crippen molar-refractivity contribution in [2.75, 3.05) is 39.9 Å². The van der Waals surface area contributed by atoms with E-state index in [-0.39, 0.29) is 0 Å². The van der Waals surface area contributed by atoms with Crippen LogP contribution < -0.4 is 5.73 Å². The van der Waals surface area contributed by atoms with Gasteiger partial charge in [-0.25, -0.2) is 0 Å². The molecule has 0 atom stereocenters. The zero-order chi connectivity index (χ0) is 10.3. The van der Waals surface area contributed by atoms with E-state index in [4.69, 9.17) is 10.5 Å². The molecule has 0 heterocycles. The monoisotopic (exact) mass is 188 g/mol. The Labute approximate surface area is 82.2 Å². The molecule has 0 rings (SSSR count). The molecule has 0 aliphatic rings. The predicted octanol–water partition coefficient (Wildman–Crippen LogP) is 0.940. The Morgan fingerprint density at radius 1 is 1.23 bits per heavy atom. The Kier molecular flexibility index (Phi) is 6.29. The summed E-state index contributed by atoms with van der Waals surface area (Å²) in [5.41, 5.74) is 5.67. The molecule has 0 amide bonds. The summed E-state index contributed by atoms with van der Waals surface area (Å²) in [4.78, 5) is 2.29. The van der Waals surface area contributed by atoms with Crippen molar-refractivity contribution in [3.63, 3.8) is 0 Å². The second kappa shape index (κ2) is 6.35. The SMILES string of the molecule is CN(CCOCCN)CC(C)(C)C. The van der Waals surface area contributed by atoms with Crippen LogP contribution in [0.2, 0.25) is 0 Å². The van der Waals surface area contributed by atoms with E-state index in [0.29, 0.717) is 18.6 Å². The van der Waals surface area contributed by atoms with Gasteiger partial charge in [0.1, 0.15) is 0 Å². The van der Waals surface area contributed by atoms with E-state index in [1.807, 2.05) is 0 Å². The third kappa shape index (κ3) is 9.80. The van der Waals surface area contributed by atoms with E-state index in [2.05, 4.69) is 32.7 Å². The molecule has 0 saturated heterocycles. The van der Waals surface area contributed by atoms with Crippen molar-refractivity contribution in [3.8, 4) is 0 Å². The molecular formula is C10H24N2O. The first-order valence-corrected chi connectivity index (χ1v) is 4.92. The largest absolute Gasteiger partial charge is 0.379 e. The summed E-state index contributed by atoms with van der Waals surface area (Å²) < 4.78 is 5.30. The van der Waals surface area contributed by atoms with Crippen LogP contribution in [0.5, 0.6) is 0 Å². The molecule has 0 aromatic carbocycles. The molecule has 0 aromatic heterocycles. The van der Waals surface area contributed by atoms with Gasteiger partial charge in [-0.2, -0.15) is 0 Å². The van der Waals surface area contributed by atoms with Crippen molar-refractivity contribution in [1.82, 2.24) is 4.90 Å². The summed E-state index contributed by atoms with van der Waals surface area (Å²) in [7, 11) is 2.12. The minimum absolute atomic E-state index is 0.364. The van der Waals surface area contributed by atoms with E-state index < -0.39 is 0 Å². The fourth-order valence-electron chi connectivity index (χ4n) is 1.29. The van der Waals surface area contributed by atoms with Gasteiger partial charge in [0.15, 0.2) is 0 Å². The van der Waals surface area contributed by atoms with Gasteiger partial charge >= 0.3 is 0 Å². The zero-order valence-electron chi connectivity index (χ0n) is 9.47. The summed E-state index contributed by atoms with van der Waals surface area (Å²) in [6, 6.07) is 0. The quantitative estimate of drug-likeness (QED) is 0.630. The van der Waals surface area contributed by atoms with Gasteiger partial charge in [-0.1, -0.05) is 20.8 Å². The second-order valence-electron chi connectivity index (χ2n) is 4.70. The van der Waals surface area contributed by atoms with Crippen LogP contribution in [0.4, 0.5) is 0 Å². The van der Waals surface area contributed by atoms with Gasteiger partial charge in [0, 0.05) is 19.6 Å². The lowest BCUT2D eigenvalue weighted by Gasteiger charge is -2.26. The summed E-state index contributed by atoms with van der Waals surface area (Å²) in [5, 5.41) is 0. The fraction of sp³-hybridized carbons (Fsp3) is 1.00. The van der Waals surface area contributed by atoms with Gasteiger partial charge in [-0.05, 0) is 12.5 Å². The summed E-state index contributed by atoms with van der Waals surface area (Å²) >= 11 is 0. The van der Waals surface area contributed by atoms with Crippen molar-refractivity contribution >= 4 is 0 Å². The Bertz CT molecular complexity index is 121. The molecule has 0 radical (unpaired) electrons. The summed E-state index contributed by atoms with van der Waals surface area (Å²) in [6.07, 6.45) is 0. The molecule has 0 bridgehead atoms. The predicted molar refractivity (Wildman–Crippen MR) is 56.8 cm³/mol. The van der Waals surface area contributed by atoms with Crippen LogP contribution in [0, 0.1) is 5.41 Å². The van der Waals surface area contributed by atoms with Gasteiger partial charge in [-0.15, -0.1) is 0 Å². The van der Waals surface area contributed by atoms with Crippen molar-refractivity contribution in [3.05, 3.63) is 0 Å². The average Bonchev–Trinajstić information content (AvgIpc) is 1.94. The molecule has 0 aliphatic carbocycles. The third-order valence-corrected chi connectivity index (χ3v) is 1.62. The number of ether oxygens (including phenoxy) is 1. The smallest absolute Gasteiger partial charge is 0.0593 e. The lowest BCUT2D eigenvalue weighted by Crippen LogP contribution is -2.32. The van der Waals surface area contributed by atoms with E-state index in [9.17, 15) is 0 Å². The van der Waals surface area contributed by atoms with Gasteiger partial charge < -0.3 is 15.4 Å². The lowest BCUT2D eigenvalue weighted by molar-refractivity contribution is 0.106. The van der Waals surface area contributed by atoms with E-state index in [1.54, 1.807) is 0 Å². The van der Waals surface area contributed by atoms with Gasteiger partial charge in [-0.3, -0.25) is 0 Å². The van der Waals surface area contributed by atoms with Crippen LogP contribution in [0.3, 0.4) is 0 Å². The highest BCUT2D eigenvalue weighted by molar-refractivity contribution is 4.66. The molecule has 3 heteroatoms. The van der Waals surface area contributed by atoms with Crippen LogP contribution >= 0.6 is 0 Å². The van der Waals surface area contributed by atoms with E-state index in [1.165, 1.54) is 0 Å². The lowest BCUT2D eigenvalue weighted by atomic mass is 9.96. The molecule has 0 saturated carbocycles. The van der Waals surface area contributed by atoms with Gasteiger partial charge in [0.05, 0.1) is 13.2 Å². The Morgan fingerprint density at radius 2 is 1.85 bits per heavy atom. The molecule has 0 spiro atoms. The Hall–Kier alpha value is -0.120. The minimum Gasteiger partial charge on any atom is -0.379 e. The van der Waals surface area contributed by atoms with Crippen molar-refractivity contribution in [1.29, 1.82) is 0 Å². The molecular weight excluding hydrogens is 164 g/mol. The highest BCUT2D eigenvalue weighted by Gasteiger charge is 2.12. The van der Waals surface area contributed by atoms with Crippen molar-refractivity contribution in [2.24, 2.45) is 11.1 Å². The summed E-state index contributed by atoms with van der Waals surface area (Å²) in [5.74, 6) is 0. The zero-order valence-corrected chi connectivity index (χ0v) is 9.47. The van der Waals surface area contributed by atoms with Crippen LogP contribution in [0.15, 0.2) is 0 Å². The van der Waals surface area contributed by atoms with Crippen LogP contribution in [-0.2, 0) is 4.74 Å². The first-order chi connectivity index (χ1) is 5.95. The molecule has 0 aromatic rings.